The molecule has 3 aromatic rings. The third kappa shape index (κ3) is 5.43. The lowest BCUT2D eigenvalue weighted by Gasteiger charge is -2.27. The molecule has 1 aliphatic heterocycles. The van der Waals surface area contributed by atoms with E-state index in [9.17, 15) is 22.0 Å². The molecule has 11 heteroatoms. The standard InChI is InChI=1S/C23H25F2N3O4S2/c1-2-34(30,31)18-6-3-5-16(13-18)22(29)28(8-4-7-27-9-11-32-12-10-27)23-26-21-19(25)14-17(24)15-20(21)33-23/h3,5-6,13-15H,2,4,7-12H2,1H3. The van der Waals surface area contributed by atoms with Gasteiger partial charge in [0, 0.05) is 37.8 Å². The summed E-state index contributed by atoms with van der Waals surface area (Å²) in [7, 11) is -3.50. The lowest BCUT2D eigenvalue weighted by Crippen LogP contribution is -2.39. The van der Waals surface area contributed by atoms with E-state index in [4.69, 9.17) is 4.74 Å². The molecule has 2 heterocycles. The van der Waals surface area contributed by atoms with Crippen molar-refractivity contribution in [1.29, 1.82) is 0 Å². The number of carbonyl (C=O) groups excluding carboxylic acids is 1. The molecule has 0 unspecified atom stereocenters. The first kappa shape index (κ1) is 24.6. The second-order valence-electron chi connectivity index (χ2n) is 7.93. The first-order chi connectivity index (χ1) is 16.3. The number of halogens is 2. The molecular weight excluding hydrogens is 484 g/mol. The number of morpholine rings is 1. The van der Waals surface area contributed by atoms with Crippen LogP contribution in [0.2, 0.25) is 0 Å². The zero-order valence-electron chi connectivity index (χ0n) is 18.7. The maximum absolute atomic E-state index is 14.3. The lowest BCUT2D eigenvalue weighted by atomic mass is 10.2. The maximum atomic E-state index is 14.3. The van der Waals surface area contributed by atoms with Gasteiger partial charge in [0.25, 0.3) is 5.91 Å². The van der Waals surface area contributed by atoms with Crippen LogP contribution in [0.5, 0.6) is 0 Å². The van der Waals surface area contributed by atoms with Crippen LogP contribution < -0.4 is 4.90 Å². The summed E-state index contributed by atoms with van der Waals surface area (Å²) in [6, 6.07) is 7.81. The highest BCUT2D eigenvalue weighted by Gasteiger charge is 2.24. The van der Waals surface area contributed by atoms with E-state index in [0.717, 1.165) is 37.0 Å². The molecule has 1 amide bonds. The first-order valence-corrected chi connectivity index (χ1v) is 13.5. The van der Waals surface area contributed by atoms with Gasteiger partial charge in [-0.1, -0.05) is 24.3 Å². The van der Waals surface area contributed by atoms with Crippen molar-refractivity contribution < 1.29 is 26.7 Å². The summed E-state index contributed by atoms with van der Waals surface area (Å²) >= 11 is 1.02. The number of fused-ring (bicyclic) bond motifs is 1. The van der Waals surface area contributed by atoms with Crippen molar-refractivity contribution in [1.82, 2.24) is 9.88 Å². The van der Waals surface area contributed by atoms with E-state index in [0.29, 0.717) is 24.3 Å². The molecule has 0 aliphatic carbocycles. The number of amides is 1. The Labute approximate surface area is 200 Å². The predicted molar refractivity (Wildman–Crippen MR) is 127 cm³/mol. The van der Waals surface area contributed by atoms with Crippen LogP contribution in [0, 0.1) is 11.6 Å². The van der Waals surface area contributed by atoms with Crippen LogP contribution in [0.4, 0.5) is 13.9 Å². The third-order valence-corrected chi connectivity index (χ3v) is 8.42. The molecule has 0 atom stereocenters. The van der Waals surface area contributed by atoms with Crippen molar-refractivity contribution in [3.8, 4) is 0 Å². The molecule has 0 N–H and O–H groups in total. The monoisotopic (exact) mass is 509 g/mol. The van der Waals surface area contributed by atoms with Gasteiger partial charge in [0.15, 0.2) is 20.8 Å². The molecule has 4 rings (SSSR count). The van der Waals surface area contributed by atoms with Crippen LogP contribution >= 0.6 is 11.3 Å². The Hall–Kier alpha value is -2.47. The highest BCUT2D eigenvalue weighted by atomic mass is 32.2. The van der Waals surface area contributed by atoms with E-state index < -0.39 is 27.4 Å². The minimum Gasteiger partial charge on any atom is -0.379 e. The number of sulfone groups is 1. The van der Waals surface area contributed by atoms with Crippen LogP contribution in [-0.4, -0.2) is 69.4 Å². The third-order valence-electron chi connectivity index (χ3n) is 5.66. The molecule has 0 radical (unpaired) electrons. The number of benzene rings is 2. The van der Waals surface area contributed by atoms with Crippen LogP contribution in [0.15, 0.2) is 41.3 Å². The average Bonchev–Trinajstić information content (AvgIpc) is 3.26. The van der Waals surface area contributed by atoms with Crippen LogP contribution in [0.25, 0.3) is 10.2 Å². The number of nitrogens with zero attached hydrogens (tertiary/aromatic N) is 3. The Morgan fingerprint density at radius 2 is 1.97 bits per heavy atom. The fourth-order valence-electron chi connectivity index (χ4n) is 3.77. The second kappa shape index (κ2) is 10.4. The fourth-order valence-corrected chi connectivity index (χ4v) is 5.72. The quantitative estimate of drug-likeness (QED) is 0.460. The minimum absolute atomic E-state index is 0.00492. The van der Waals surface area contributed by atoms with Crippen molar-refractivity contribution in [2.24, 2.45) is 0 Å². The molecule has 1 saturated heterocycles. The molecule has 34 heavy (non-hydrogen) atoms. The van der Waals surface area contributed by atoms with Crippen LogP contribution in [0.1, 0.15) is 23.7 Å². The number of hydrogen-bond acceptors (Lipinski definition) is 7. The van der Waals surface area contributed by atoms with Crippen molar-refractivity contribution >= 4 is 42.4 Å². The topological polar surface area (TPSA) is 79.8 Å². The van der Waals surface area contributed by atoms with E-state index in [1.54, 1.807) is 6.07 Å². The zero-order valence-corrected chi connectivity index (χ0v) is 20.3. The van der Waals surface area contributed by atoms with Gasteiger partial charge in [-0.3, -0.25) is 14.6 Å². The molecule has 182 valence electrons. The Kier molecular flexibility index (Phi) is 7.56. The number of rotatable bonds is 8. The highest BCUT2D eigenvalue weighted by Crippen LogP contribution is 2.32. The number of thiazole rings is 1. The highest BCUT2D eigenvalue weighted by molar-refractivity contribution is 7.91. The summed E-state index contributed by atoms with van der Waals surface area (Å²) in [5.41, 5.74) is 0.182. The smallest absolute Gasteiger partial charge is 0.260 e. The van der Waals surface area contributed by atoms with E-state index in [1.807, 2.05) is 0 Å². The Morgan fingerprint density at radius 3 is 2.71 bits per heavy atom. The molecule has 7 nitrogen and oxygen atoms in total. The van der Waals surface area contributed by atoms with Gasteiger partial charge in [0.2, 0.25) is 0 Å². The van der Waals surface area contributed by atoms with Crippen molar-refractivity contribution in [3.05, 3.63) is 53.6 Å². The minimum atomic E-state index is -3.50. The van der Waals surface area contributed by atoms with Gasteiger partial charge in [0.1, 0.15) is 11.3 Å². The van der Waals surface area contributed by atoms with Crippen molar-refractivity contribution in [3.63, 3.8) is 0 Å². The van der Waals surface area contributed by atoms with Gasteiger partial charge in [-0.25, -0.2) is 22.2 Å². The molecule has 1 aliphatic rings. The van der Waals surface area contributed by atoms with Gasteiger partial charge in [-0.05, 0) is 30.7 Å². The molecule has 0 spiro atoms. The van der Waals surface area contributed by atoms with E-state index in [-0.39, 0.29) is 33.4 Å². The Morgan fingerprint density at radius 1 is 1.21 bits per heavy atom. The number of anilines is 1. The zero-order chi connectivity index (χ0) is 24.3. The van der Waals surface area contributed by atoms with Gasteiger partial charge in [-0.2, -0.15) is 0 Å². The number of carbonyl (C=O) groups is 1. The van der Waals surface area contributed by atoms with E-state index >= 15 is 0 Å². The largest absolute Gasteiger partial charge is 0.379 e. The molecular formula is C23H25F2N3O4S2. The molecule has 2 aromatic carbocycles. The summed E-state index contributed by atoms with van der Waals surface area (Å²) in [6.07, 6.45) is 0.617. The summed E-state index contributed by atoms with van der Waals surface area (Å²) < 4.78 is 58.3. The number of aromatic nitrogens is 1. The summed E-state index contributed by atoms with van der Waals surface area (Å²) in [5.74, 6) is -2.05. The fraction of sp³-hybridized carbons (Fsp3) is 0.391. The summed E-state index contributed by atoms with van der Waals surface area (Å²) in [4.78, 5) is 21.5. The molecule has 0 saturated carbocycles. The predicted octanol–water partition coefficient (Wildman–Crippen LogP) is 3.74. The summed E-state index contributed by atoms with van der Waals surface area (Å²) in [6.45, 7) is 5.47. The number of ether oxygens (including phenoxy) is 1. The number of hydrogen-bond donors (Lipinski definition) is 0. The molecule has 0 bridgehead atoms. The van der Waals surface area contributed by atoms with Crippen LogP contribution in [0.3, 0.4) is 0 Å². The van der Waals surface area contributed by atoms with Crippen LogP contribution in [-0.2, 0) is 14.6 Å². The van der Waals surface area contributed by atoms with E-state index in [1.165, 1.54) is 36.1 Å². The Balaban J connectivity index is 1.65. The lowest BCUT2D eigenvalue weighted by molar-refractivity contribution is 0.0376. The normalized spacial score (nSPS) is 15.0. The van der Waals surface area contributed by atoms with Crippen molar-refractivity contribution in [2.75, 3.05) is 50.0 Å². The van der Waals surface area contributed by atoms with Crippen molar-refractivity contribution in [2.45, 2.75) is 18.2 Å². The average molecular weight is 510 g/mol. The SMILES string of the molecule is CCS(=O)(=O)c1cccc(C(=O)N(CCCN2CCOCC2)c2nc3c(F)cc(F)cc3s2)c1. The van der Waals surface area contributed by atoms with Gasteiger partial charge >= 0.3 is 0 Å². The van der Waals surface area contributed by atoms with Gasteiger partial charge in [0.05, 0.1) is 28.6 Å². The van der Waals surface area contributed by atoms with E-state index in [2.05, 4.69) is 9.88 Å². The molecule has 1 aromatic heterocycles. The molecule has 1 fully saturated rings. The Bertz CT molecular complexity index is 1290. The summed E-state index contributed by atoms with van der Waals surface area (Å²) in [5, 5.41) is 0.232. The maximum Gasteiger partial charge on any atom is 0.260 e. The first-order valence-electron chi connectivity index (χ1n) is 11.0. The van der Waals surface area contributed by atoms with Gasteiger partial charge in [-0.15, -0.1) is 0 Å². The second-order valence-corrected chi connectivity index (χ2v) is 11.2. The van der Waals surface area contributed by atoms with Gasteiger partial charge < -0.3 is 4.74 Å².